The van der Waals surface area contributed by atoms with Gasteiger partial charge in [0.2, 0.25) is 0 Å². The summed E-state index contributed by atoms with van der Waals surface area (Å²) >= 11 is 0. The lowest BCUT2D eigenvalue weighted by Gasteiger charge is -2.09. The molecule has 0 aromatic heterocycles. The Morgan fingerprint density at radius 3 is 1.65 bits per heavy atom. The van der Waals surface area contributed by atoms with Crippen LogP contribution in [0.2, 0.25) is 0 Å². The Kier molecular flexibility index (Phi) is 3.91. The van der Waals surface area contributed by atoms with E-state index in [1.807, 2.05) is 0 Å². The molecule has 0 heterocycles. The summed E-state index contributed by atoms with van der Waals surface area (Å²) in [4.78, 5) is -2.77. The minimum Gasteiger partial charge on any atom is -0.299 e. The molecule has 1 radical (unpaired) electrons. The second-order valence-corrected chi connectivity index (χ2v) is 8.62. The number of benzene rings is 2. The smallest absolute Gasteiger partial charge is 0.296 e. The van der Waals surface area contributed by atoms with Crippen LogP contribution < -0.4 is 5.73 Å². The fourth-order valence-corrected chi connectivity index (χ4v) is 3.87. The van der Waals surface area contributed by atoms with E-state index in [1.54, 1.807) is 0 Å². The third kappa shape index (κ3) is 3.44. The van der Waals surface area contributed by atoms with Crippen LogP contribution in [0.5, 0.6) is 0 Å². The zero-order chi connectivity index (χ0) is 17.8. The fourth-order valence-electron chi connectivity index (χ4n) is 1.91. The first-order chi connectivity index (χ1) is 10.2. The van der Waals surface area contributed by atoms with E-state index in [2.05, 4.69) is 0 Å². The molecule has 13 heteroatoms. The lowest BCUT2D eigenvalue weighted by atomic mass is 10.1. The van der Waals surface area contributed by atoms with E-state index in [4.69, 9.17) is 19.4 Å². The summed E-state index contributed by atoms with van der Waals surface area (Å²) in [5, 5.41) is -0.714. The van der Waals surface area contributed by atoms with Gasteiger partial charge < -0.3 is 0 Å². The fraction of sp³-hybridized carbons (Fsp3) is 0. The summed E-state index contributed by atoms with van der Waals surface area (Å²) in [5.74, 6) is 0. The standard InChI is InChI=1S/C10H8NO9S3/c11-8-4-7-5(2-10(8)23(18,19)20)1-6(21(12,13)14)3-9(7)22(15,16)17/h1-4,11H,(H,12,13,14)(H,15,16,17)(H,18,19,20). The Bertz CT molecular complexity index is 1130. The molecule has 0 aliphatic rings. The molecule has 0 spiro atoms. The van der Waals surface area contributed by atoms with Gasteiger partial charge in [0.05, 0.1) is 10.6 Å². The molecule has 0 atom stereocenters. The molecular formula is C10H8NO9S3. The molecular weight excluding hydrogens is 374 g/mol. The number of fused-ring (bicyclic) bond motifs is 1. The van der Waals surface area contributed by atoms with Crippen LogP contribution in [0.15, 0.2) is 39.0 Å². The second kappa shape index (κ2) is 5.12. The Labute approximate surface area is 130 Å². The van der Waals surface area contributed by atoms with Crippen molar-refractivity contribution in [2.45, 2.75) is 14.7 Å². The van der Waals surface area contributed by atoms with Crippen molar-refractivity contribution >= 4 is 46.8 Å². The van der Waals surface area contributed by atoms with E-state index in [-0.39, 0.29) is 10.8 Å². The molecule has 0 saturated carbocycles. The quantitative estimate of drug-likeness (QED) is 0.635. The van der Waals surface area contributed by atoms with Crippen molar-refractivity contribution in [2.75, 3.05) is 0 Å². The van der Waals surface area contributed by atoms with Crippen molar-refractivity contribution in [3.63, 3.8) is 0 Å². The molecule has 2 aromatic carbocycles. The van der Waals surface area contributed by atoms with Crippen LogP contribution >= 0.6 is 0 Å². The highest BCUT2D eigenvalue weighted by molar-refractivity contribution is 7.87. The summed E-state index contributed by atoms with van der Waals surface area (Å²) in [6.45, 7) is 0. The predicted molar refractivity (Wildman–Crippen MR) is 76.1 cm³/mol. The van der Waals surface area contributed by atoms with Crippen molar-refractivity contribution in [1.29, 1.82) is 0 Å². The van der Waals surface area contributed by atoms with Crippen molar-refractivity contribution in [2.24, 2.45) is 0 Å². The van der Waals surface area contributed by atoms with Crippen molar-refractivity contribution in [3.05, 3.63) is 24.3 Å². The maximum absolute atomic E-state index is 11.4. The lowest BCUT2D eigenvalue weighted by Crippen LogP contribution is -2.06. The first-order valence-corrected chi connectivity index (χ1v) is 9.79. The Balaban J connectivity index is 3.10. The average molecular weight is 382 g/mol. The zero-order valence-corrected chi connectivity index (χ0v) is 13.3. The van der Waals surface area contributed by atoms with E-state index < -0.39 is 50.7 Å². The summed E-state index contributed by atoms with van der Waals surface area (Å²) in [7, 11) is -14.7. The molecule has 10 nitrogen and oxygen atoms in total. The first kappa shape index (κ1) is 17.6. The van der Waals surface area contributed by atoms with Gasteiger partial charge in [-0.1, -0.05) is 0 Å². The van der Waals surface area contributed by atoms with Crippen LogP contribution in [-0.4, -0.2) is 38.9 Å². The molecule has 0 bridgehead atoms. The third-order valence-corrected chi connectivity index (χ3v) is 5.46. The molecule has 125 valence electrons. The molecule has 0 aliphatic heterocycles. The lowest BCUT2D eigenvalue weighted by molar-refractivity contribution is 0.480. The Hall–Kier alpha value is -1.77. The SMILES string of the molecule is [NH]c1cc2c(S(=O)(=O)O)cc(S(=O)(=O)O)cc2cc1S(=O)(=O)O. The maximum Gasteiger partial charge on any atom is 0.296 e. The number of rotatable bonds is 3. The molecule has 2 rings (SSSR count). The normalized spacial score (nSPS) is 13.3. The van der Waals surface area contributed by atoms with E-state index in [1.165, 1.54) is 0 Å². The van der Waals surface area contributed by atoms with Gasteiger partial charge in [-0.15, -0.1) is 0 Å². The molecule has 0 unspecified atom stereocenters. The summed E-state index contributed by atoms with van der Waals surface area (Å²) < 4.78 is 94.6. The van der Waals surface area contributed by atoms with Crippen LogP contribution in [0, 0.1) is 0 Å². The van der Waals surface area contributed by atoms with Crippen LogP contribution in [0.25, 0.3) is 10.8 Å². The van der Waals surface area contributed by atoms with Crippen molar-refractivity contribution < 1.29 is 38.9 Å². The highest BCUT2D eigenvalue weighted by Gasteiger charge is 2.23. The van der Waals surface area contributed by atoms with Gasteiger partial charge in [0.15, 0.2) is 0 Å². The van der Waals surface area contributed by atoms with Crippen LogP contribution in [0.4, 0.5) is 5.69 Å². The van der Waals surface area contributed by atoms with Gasteiger partial charge in [0.1, 0.15) is 9.79 Å². The summed E-state index contributed by atoms with van der Waals surface area (Å²) in [6, 6.07) is 2.55. The number of nitrogens with one attached hydrogen (secondary N) is 1. The van der Waals surface area contributed by atoms with E-state index in [0.717, 1.165) is 12.1 Å². The predicted octanol–water partition coefficient (Wildman–Crippen LogP) is 0.494. The van der Waals surface area contributed by atoms with Gasteiger partial charge in [-0.2, -0.15) is 25.3 Å². The molecule has 2 aromatic rings. The summed E-state index contributed by atoms with van der Waals surface area (Å²) in [5.41, 5.74) is 6.73. The molecule has 0 fully saturated rings. The monoisotopic (exact) mass is 382 g/mol. The molecule has 0 saturated heterocycles. The maximum atomic E-state index is 11.4. The minimum atomic E-state index is -4.95. The molecule has 4 N–H and O–H groups in total. The van der Waals surface area contributed by atoms with Gasteiger partial charge in [0, 0.05) is 5.39 Å². The minimum absolute atomic E-state index is 0.351. The van der Waals surface area contributed by atoms with E-state index in [9.17, 15) is 25.3 Å². The third-order valence-electron chi connectivity index (χ3n) is 2.84. The van der Waals surface area contributed by atoms with Crippen LogP contribution in [0.1, 0.15) is 0 Å². The van der Waals surface area contributed by atoms with E-state index >= 15 is 0 Å². The molecule has 23 heavy (non-hydrogen) atoms. The highest BCUT2D eigenvalue weighted by atomic mass is 32.2. The van der Waals surface area contributed by atoms with Gasteiger partial charge in [0.25, 0.3) is 30.4 Å². The Morgan fingerprint density at radius 2 is 1.22 bits per heavy atom. The van der Waals surface area contributed by atoms with Crippen LogP contribution in [0.3, 0.4) is 0 Å². The topological polar surface area (TPSA) is 187 Å². The first-order valence-electron chi connectivity index (χ1n) is 5.47. The molecule has 0 aliphatic carbocycles. The summed E-state index contributed by atoms with van der Waals surface area (Å²) in [6.07, 6.45) is 0. The number of hydrogen-bond donors (Lipinski definition) is 3. The Morgan fingerprint density at radius 1 is 0.696 bits per heavy atom. The van der Waals surface area contributed by atoms with Crippen LogP contribution in [-0.2, 0) is 30.4 Å². The van der Waals surface area contributed by atoms with Gasteiger partial charge >= 0.3 is 0 Å². The molecule has 0 amide bonds. The van der Waals surface area contributed by atoms with Crippen molar-refractivity contribution in [1.82, 2.24) is 5.73 Å². The highest BCUT2D eigenvalue weighted by Crippen LogP contribution is 2.32. The average Bonchev–Trinajstić information content (AvgIpc) is 2.32. The van der Waals surface area contributed by atoms with Crippen molar-refractivity contribution in [3.8, 4) is 0 Å². The number of hydrogen-bond acceptors (Lipinski definition) is 6. The van der Waals surface area contributed by atoms with E-state index in [0.29, 0.717) is 12.1 Å². The second-order valence-electron chi connectivity index (χ2n) is 4.42. The zero-order valence-electron chi connectivity index (χ0n) is 10.8. The van der Waals surface area contributed by atoms with Gasteiger partial charge in [-0.25, -0.2) is 0 Å². The van der Waals surface area contributed by atoms with Gasteiger partial charge in [-0.05, 0) is 29.7 Å². The largest absolute Gasteiger partial charge is 0.299 e. The van der Waals surface area contributed by atoms with Gasteiger partial charge in [-0.3, -0.25) is 19.4 Å².